The molecule has 4 aromatic rings. The van der Waals surface area contributed by atoms with Gasteiger partial charge in [-0.25, -0.2) is 9.69 Å². The number of rotatable bonds is 7. The van der Waals surface area contributed by atoms with Gasteiger partial charge < -0.3 is 9.47 Å². The molecule has 4 aromatic carbocycles. The maximum absolute atomic E-state index is 13.7. The summed E-state index contributed by atoms with van der Waals surface area (Å²) in [5.41, 5.74) is 3.37. The Morgan fingerprint density at radius 2 is 1.57 bits per heavy atom. The van der Waals surface area contributed by atoms with Gasteiger partial charge in [0.25, 0.3) is 11.8 Å². The maximum Gasteiger partial charge on any atom is 0.335 e. The number of urea groups is 1. The van der Waals surface area contributed by atoms with Crippen molar-refractivity contribution in [1.82, 2.24) is 5.32 Å². The van der Waals surface area contributed by atoms with Crippen LogP contribution in [0.1, 0.15) is 55.2 Å². The standard InChI is InChI=1S/C39H35BrN2O5/c1-46-34-18-23(17-33(40)35(34)47-22-28-7-4-6-27-5-2-3-8-31(27)28)16-32-36(43)41-38(45)42(37(32)44)30-11-9-29(10-12-30)39-19-24-13-25(20-39)15-26(14-24)21-39/h2-12,16-18,24-26H,13-15,19-22H2,1H3,(H,41,43,45)/b32-16-. The SMILES string of the molecule is COc1cc(/C=C2/C(=O)NC(=O)N(c3ccc(C45CC6CC(CC(C6)C4)C5)cc3)C2=O)cc(Br)c1OCc1cccc2ccccc12. The summed E-state index contributed by atoms with van der Waals surface area (Å²) in [5, 5.41) is 4.58. The van der Waals surface area contributed by atoms with Crippen molar-refractivity contribution in [2.75, 3.05) is 12.0 Å². The number of benzene rings is 4. The van der Waals surface area contributed by atoms with Crippen LogP contribution in [-0.2, 0) is 21.6 Å². The lowest BCUT2D eigenvalue weighted by Crippen LogP contribution is -2.54. The molecule has 1 aliphatic heterocycles. The Morgan fingerprint density at radius 1 is 0.894 bits per heavy atom. The number of hydrogen-bond donors (Lipinski definition) is 1. The van der Waals surface area contributed by atoms with E-state index in [2.05, 4.69) is 51.6 Å². The van der Waals surface area contributed by atoms with E-state index in [0.717, 1.165) is 39.0 Å². The molecule has 5 fully saturated rings. The Balaban J connectivity index is 1.04. The number of carbonyl (C=O) groups excluding carboxylic acids is 3. The minimum absolute atomic E-state index is 0.145. The van der Waals surface area contributed by atoms with Crippen LogP contribution in [-0.4, -0.2) is 25.0 Å². The zero-order valence-electron chi connectivity index (χ0n) is 26.1. The molecule has 4 saturated carbocycles. The van der Waals surface area contributed by atoms with Gasteiger partial charge >= 0.3 is 6.03 Å². The van der Waals surface area contributed by atoms with Crippen molar-refractivity contribution >= 4 is 56.3 Å². The van der Waals surface area contributed by atoms with Crippen molar-refractivity contribution in [3.63, 3.8) is 0 Å². The molecule has 4 bridgehead atoms. The quantitative estimate of drug-likeness (QED) is 0.156. The lowest BCUT2D eigenvalue weighted by molar-refractivity contribution is -0.122. The van der Waals surface area contributed by atoms with Crippen LogP contribution in [0, 0.1) is 17.8 Å². The van der Waals surface area contributed by atoms with Crippen LogP contribution in [0.2, 0.25) is 0 Å². The number of imide groups is 2. The lowest BCUT2D eigenvalue weighted by atomic mass is 9.48. The molecule has 0 unspecified atom stereocenters. The van der Waals surface area contributed by atoms with Crippen LogP contribution in [0.5, 0.6) is 11.5 Å². The minimum Gasteiger partial charge on any atom is -0.493 e. The third kappa shape index (κ3) is 5.32. The Morgan fingerprint density at radius 3 is 2.28 bits per heavy atom. The molecule has 1 saturated heterocycles. The number of fused-ring (bicyclic) bond motifs is 1. The van der Waals surface area contributed by atoms with E-state index in [1.807, 2.05) is 36.4 Å². The van der Waals surface area contributed by atoms with Crippen LogP contribution >= 0.6 is 15.9 Å². The van der Waals surface area contributed by atoms with E-state index in [0.29, 0.717) is 33.8 Å². The number of halogens is 1. The van der Waals surface area contributed by atoms with Crippen LogP contribution in [0.25, 0.3) is 16.8 Å². The second-order valence-electron chi connectivity index (χ2n) is 13.7. The van der Waals surface area contributed by atoms with Gasteiger partial charge in [0.15, 0.2) is 11.5 Å². The lowest BCUT2D eigenvalue weighted by Gasteiger charge is -2.57. The van der Waals surface area contributed by atoms with E-state index >= 15 is 0 Å². The largest absolute Gasteiger partial charge is 0.493 e. The first-order valence-electron chi connectivity index (χ1n) is 16.3. The fourth-order valence-electron chi connectivity index (χ4n) is 9.02. The van der Waals surface area contributed by atoms with Gasteiger partial charge in [0.1, 0.15) is 12.2 Å². The maximum atomic E-state index is 13.7. The van der Waals surface area contributed by atoms with Gasteiger partial charge in [0, 0.05) is 0 Å². The van der Waals surface area contributed by atoms with Gasteiger partial charge in [-0.1, -0.05) is 54.6 Å². The van der Waals surface area contributed by atoms with Crippen molar-refractivity contribution in [3.05, 3.63) is 106 Å². The van der Waals surface area contributed by atoms with E-state index < -0.39 is 17.8 Å². The molecule has 4 aliphatic carbocycles. The molecule has 4 amide bonds. The summed E-state index contributed by atoms with van der Waals surface area (Å²) in [6.07, 6.45) is 9.27. The van der Waals surface area contributed by atoms with Crippen LogP contribution in [0.15, 0.2) is 88.9 Å². The molecule has 47 heavy (non-hydrogen) atoms. The number of ether oxygens (including phenoxy) is 2. The Bertz CT molecular complexity index is 1930. The Kier molecular flexibility index (Phi) is 7.43. The van der Waals surface area contributed by atoms with Gasteiger partial charge in [-0.15, -0.1) is 0 Å². The van der Waals surface area contributed by atoms with E-state index in [1.54, 1.807) is 12.1 Å². The predicted molar refractivity (Wildman–Crippen MR) is 184 cm³/mol. The van der Waals surface area contributed by atoms with Crippen LogP contribution in [0.4, 0.5) is 10.5 Å². The zero-order valence-corrected chi connectivity index (χ0v) is 27.7. The first-order chi connectivity index (χ1) is 22.8. The number of carbonyl (C=O) groups is 3. The van der Waals surface area contributed by atoms with Gasteiger partial charge in [0.2, 0.25) is 0 Å². The number of nitrogens with zero attached hydrogens (tertiary/aromatic N) is 1. The van der Waals surface area contributed by atoms with Crippen molar-refractivity contribution in [1.29, 1.82) is 0 Å². The van der Waals surface area contributed by atoms with E-state index in [4.69, 9.17) is 9.47 Å². The summed E-state index contributed by atoms with van der Waals surface area (Å²) in [4.78, 5) is 40.7. The second kappa shape index (κ2) is 11.7. The zero-order chi connectivity index (χ0) is 32.3. The molecule has 0 radical (unpaired) electrons. The fourth-order valence-corrected chi connectivity index (χ4v) is 9.59. The third-order valence-corrected chi connectivity index (χ3v) is 11.3. The fraction of sp³-hybridized carbons (Fsp3) is 0.308. The molecule has 0 atom stereocenters. The van der Waals surface area contributed by atoms with Crippen LogP contribution in [0.3, 0.4) is 0 Å². The highest BCUT2D eigenvalue weighted by Crippen LogP contribution is 2.60. The summed E-state index contributed by atoms with van der Waals surface area (Å²) in [6.45, 7) is 0.316. The van der Waals surface area contributed by atoms with Gasteiger partial charge in [-0.3, -0.25) is 14.9 Å². The summed E-state index contributed by atoms with van der Waals surface area (Å²) < 4.78 is 12.5. The molecule has 9 rings (SSSR count). The predicted octanol–water partition coefficient (Wildman–Crippen LogP) is 8.32. The average Bonchev–Trinajstić information content (AvgIpc) is 3.05. The molecule has 0 spiro atoms. The van der Waals surface area contributed by atoms with Crippen molar-refractivity contribution in [2.45, 2.75) is 50.5 Å². The molecular formula is C39H35BrN2O5. The number of hydrogen-bond acceptors (Lipinski definition) is 5. The Labute approximate surface area is 282 Å². The highest BCUT2D eigenvalue weighted by molar-refractivity contribution is 9.10. The summed E-state index contributed by atoms with van der Waals surface area (Å²) in [6, 6.07) is 24.8. The summed E-state index contributed by atoms with van der Waals surface area (Å²) in [5.74, 6) is 1.97. The number of methoxy groups -OCH3 is 1. The molecule has 0 aromatic heterocycles. The number of nitrogens with one attached hydrogen (secondary N) is 1. The Hall–Kier alpha value is -4.43. The topological polar surface area (TPSA) is 84.9 Å². The smallest absolute Gasteiger partial charge is 0.335 e. The molecule has 8 heteroatoms. The average molecular weight is 692 g/mol. The molecule has 7 nitrogen and oxygen atoms in total. The van der Waals surface area contributed by atoms with Gasteiger partial charge in [0.05, 0.1) is 17.3 Å². The molecule has 1 N–H and O–H groups in total. The first kappa shape index (κ1) is 29.9. The normalized spacial score (nSPS) is 25.8. The number of barbiturate groups is 1. The van der Waals surface area contributed by atoms with Gasteiger partial charge in [-0.2, -0.15) is 0 Å². The second-order valence-corrected chi connectivity index (χ2v) is 14.5. The third-order valence-electron chi connectivity index (χ3n) is 10.7. The van der Waals surface area contributed by atoms with Crippen molar-refractivity contribution in [3.8, 4) is 11.5 Å². The summed E-state index contributed by atoms with van der Waals surface area (Å²) in [7, 11) is 1.54. The van der Waals surface area contributed by atoms with Gasteiger partial charge in [-0.05, 0) is 135 Å². The molecule has 5 aliphatic rings. The highest BCUT2D eigenvalue weighted by Gasteiger charge is 2.51. The monoisotopic (exact) mass is 690 g/mol. The molecule has 238 valence electrons. The van der Waals surface area contributed by atoms with Crippen molar-refractivity contribution in [2.24, 2.45) is 17.8 Å². The first-order valence-corrected chi connectivity index (χ1v) is 17.1. The number of amides is 4. The minimum atomic E-state index is -0.754. The van der Waals surface area contributed by atoms with E-state index in [1.165, 1.54) is 57.3 Å². The molecule has 1 heterocycles. The number of anilines is 1. The molecular weight excluding hydrogens is 656 g/mol. The van der Waals surface area contributed by atoms with E-state index in [9.17, 15) is 14.4 Å². The van der Waals surface area contributed by atoms with Crippen LogP contribution < -0.4 is 19.7 Å². The van der Waals surface area contributed by atoms with E-state index in [-0.39, 0.29) is 11.0 Å². The van der Waals surface area contributed by atoms with Crippen molar-refractivity contribution < 1.29 is 23.9 Å². The summed E-state index contributed by atoms with van der Waals surface area (Å²) >= 11 is 3.59. The highest BCUT2D eigenvalue weighted by atomic mass is 79.9.